The summed E-state index contributed by atoms with van der Waals surface area (Å²) in [5.41, 5.74) is 5.38. The van der Waals surface area contributed by atoms with Gasteiger partial charge in [-0.05, 0) is 120 Å². The Labute approximate surface area is 254 Å². The standard InChI is InChI=1S/C34H43N5O2S/c1-42-30-24-31(26-10-14-28(15-11-26)35-33(40)8-6-22-38-18-2-3-19-38)37-32(25-30)27-12-16-29(17-13-27)36-34(41)9-7-23-39-20-4-5-21-39/h10-17,24-25H,2-9,18-23H2,1H3,(H,35,40)(H,36,41). The molecule has 0 bridgehead atoms. The molecule has 2 aromatic carbocycles. The summed E-state index contributed by atoms with van der Waals surface area (Å²) in [5, 5.41) is 6.07. The van der Waals surface area contributed by atoms with Gasteiger partial charge in [-0.1, -0.05) is 24.3 Å². The summed E-state index contributed by atoms with van der Waals surface area (Å²) in [7, 11) is 0. The number of aromatic nitrogens is 1. The van der Waals surface area contributed by atoms with Crippen molar-refractivity contribution in [3.05, 3.63) is 60.7 Å². The second-order valence-corrected chi connectivity index (χ2v) is 12.2. The van der Waals surface area contributed by atoms with Gasteiger partial charge in [0.15, 0.2) is 0 Å². The molecular weight excluding hydrogens is 542 g/mol. The Hall–Kier alpha value is -3.20. The van der Waals surface area contributed by atoms with E-state index in [0.717, 1.165) is 64.7 Å². The van der Waals surface area contributed by atoms with Crippen LogP contribution in [0.3, 0.4) is 0 Å². The Balaban J connectivity index is 1.16. The molecule has 3 heterocycles. The number of carbonyl (C=O) groups excluding carboxylic acids is 2. The Morgan fingerprint density at radius 1 is 0.690 bits per heavy atom. The predicted molar refractivity (Wildman–Crippen MR) is 174 cm³/mol. The molecule has 42 heavy (non-hydrogen) atoms. The molecule has 5 rings (SSSR count). The van der Waals surface area contributed by atoms with Gasteiger partial charge in [-0.2, -0.15) is 0 Å². The molecule has 3 aromatic rings. The molecule has 0 radical (unpaired) electrons. The van der Waals surface area contributed by atoms with E-state index in [9.17, 15) is 9.59 Å². The van der Waals surface area contributed by atoms with E-state index in [-0.39, 0.29) is 11.8 Å². The first-order valence-corrected chi connectivity index (χ1v) is 16.6. The lowest BCUT2D eigenvalue weighted by molar-refractivity contribution is -0.117. The van der Waals surface area contributed by atoms with Crippen molar-refractivity contribution in [3.8, 4) is 22.5 Å². The molecular formula is C34H43N5O2S. The van der Waals surface area contributed by atoms with Gasteiger partial charge >= 0.3 is 0 Å². The van der Waals surface area contributed by atoms with Crippen LogP contribution in [0.15, 0.2) is 65.6 Å². The summed E-state index contributed by atoms with van der Waals surface area (Å²) >= 11 is 1.68. The van der Waals surface area contributed by atoms with Gasteiger partial charge in [0.1, 0.15) is 0 Å². The van der Waals surface area contributed by atoms with Crippen molar-refractivity contribution in [2.45, 2.75) is 56.3 Å². The Morgan fingerprint density at radius 3 is 1.48 bits per heavy atom. The first-order valence-electron chi connectivity index (χ1n) is 15.4. The molecule has 0 spiro atoms. The van der Waals surface area contributed by atoms with Gasteiger partial charge < -0.3 is 20.4 Å². The topological polar surface area (TPSA) is 77.6 Å². The highest BCUT2D eigenvalue weighted by Gasteiger charge is 2.14. The number of likely N-dealkylation sites (tertiary alicyclic amines) is 2. The highest BCUT2D eigenvalue weighted by molar-refractivity contribution is 7.98. The highest BCUT2D eigenvalue weighted by atomic mass is 32.2. The van der Waals surface area contributed by atoms with E-state index in [1.54, 1.807) is 11.8 Å². The maximum Gasteiger partial charge on any atom is 0.224 e. The minimum Gasteiger partial charge on any atom is -0.326 e. The Kier molecular flexibility index (Phi) is 11.0. The van der Waals surface area contributed by atoms with E-state index in [1.165, 1.54) is 51.9 Å². The Morgan fingerprint density at radius 2 is 1.10 bits per heavy atom. The van der Waals surface area contributed by atoms with Crippen molar-refractivity contribution < 1.29 is 9.59 Å². The molecule has 0 aliphatic carbocycles. The number of hydrogen-bond acceptors (Lipinski definition) is 6. The molecule has 2 aliphatic rings. The van der Waals surface area contributed by atoms with Gasteiger partial charge in [0.25, 0.3) is 0 Å². The van der Waals surface area contributed by atoms with Crippen molar-refractivity contribution in [1.29, 1.82) is 0 Å². The van der Waals surface area contributed by atoms with E-state index in [0.29, 0.717) is 12.8 Å². The zero-order valence-electron chi connectivity index (χ0n) is 24.7. The second-order valence-electron chi connectivity index (χ2n) is 11.3. The van der Waals surface area contributed by atoms with Crippen molar-refractivity contribution >= 4 is 35.0 Å². The molecule has 7 nitrogen and oxygen atoms in total. The van der Waals surface area contributed by atoms with Crippen molar-refractivity contribution in [2.24, 2.45) is 0 Å². The molecule has 2 N–H and O–H groups in total. The maximum absolute atomic E-state index is 12.4. The fourth-order valence-corrected chi connectivity index (χ4v) is 6.21. The largest absolute Gasteiger partial charge is 0.326 e. The fourth-order valence-electron chi connectivity index (χ4n) is 5.75. The van der Waals surface area contributed by atoms with Gasteiger partial charge in [0, 0.05) is 40.2 Å². The first kappa shape index (κ1) is 30.3. The van der Waals surface area contributed by atoms with Crippen LogP contribution in [0.2, 0.25) is 0 Å². The maximum atomic E-state index is 12.4. The van der Waals surface area contributed by atoms with Gasteiger partial charge in [0.2, 0.25) is 11.8 Å². The summed E-state index contributed by atoms with van der Waals surface area (Å²) in [6, 6.07) is 20.0. The third-order valence-corrected chi connectivity index (χ3v) is 8.82. The molecule has 0 saturated carbocycles. The number of amides is 2. The van der Waals surface area contributed by atoms with Crippen LogP contribution >= 0.6 is 11.8 Å². The number of carbonyl (C=O) groups is 2. The summed E-state index contributed by atoms with van der Waals surface area (Å²) < 4.78 is 0. The average Bonchev–Trinajstić information content (AvgIpc) is 3.73. The molecule has 2 fully saturated rings. The van der Waals surface area contributed by atoms with Crippen LogP contribution in [-0.4, -0.2) is 72.1 Å². The van der Waals surface area contributed by atoms with E-state index < -0.39 is 0 Å². The smallest absolute Gasteiger partial charge is 0.224 e. The number of thioether (sulfide) groups is 1. The van der Waals surface area contributed by atoms with E-state index in [2.05, 4.69) is 38.8 Å². The van der Waals surface area contributed by atoms with Crippen molar-refractivity contribution in [3.63, 3.8) is 0 Å². The summed E-state index contributed by atoms with van der Waals surface area (Å²) in [5.74, 6) is 0.127. The molecule has 2 amide bonds. The second kappa shape index (κ2) is 15.3. The molecule has 8 heteroatoms. The quantitative estimate of drug-likeness (QED) is 0.216. The highest BCUT2D eigenvalue weighted by Crippen LogP contribution is 2.30. The van der Waals surface area contributed by atoms with Crippen LogP contribution in [-0.2, 0) is 9.59 Å². The molecule has 2 saturated heterocycles. The monoisotopic (exact) mass is 585 g/mol. The van der Waals surface area contributed by atoms with Gasteiger partial charge in [-0.25, -0.2) is 4.98 Å². The normalized spacial score (nSPS) is 15.6. The zero-order chi connectivity index (χ0) is 29.1. The number of nitrogens with one attached hydrogen (secondary N) is 2. The zero-order valence-corrected chi connectivity index (χ0v) is 25.6. The number of anilines is 2. The minimum atomic E-state index is 0.0634. The summed E-state index contributed by atoms with van der Waals surface area (Å²) in [6.45, 7) is 6.67. The lowest BCUT2D eigenvalue weighted by atomic mass is 10.1. The van der Waals surface area contributed by atoms with Gasteiger partial charge in [-0.3, -0.25) is 9.59 Å². The first-order chi connectivity index (χ1) is 20.6. The van der Waals surface area contributed by atoms with Crippen LogP contribution in [0, 0.1) is 0 Å². The van der Waals surface area contributed by atoms with Crippen LogP contribution in [0.5, 0.6) is 0 Å². The SMILES string of the molecule is CSc1cc(-c2ccc(NC(=O)CCCN3CCCC3)cc2)nc(-c2ccc(NC(=O)CCCN3CCCC3)cc2)c1. The van der Waals surface area contributed by atoms with E-state index in [4.69, 9.17) is 4.98 Å². The minimum absolute atomic E-state index is 0.0634. The Bertz CT molecular complexity index is 1220. The lowest BCUT2D eigenvalue weighted by Gasteiger charge is -2.14. The number of hydrogen-bond donors (Lipinski definition) is 2. The lowest BCUT2D eigenvalue weighted by Crippen LogP contribution is -2.22. The number of rotatable bonds is 13. The van der Waals surface area contributed by atoms with E-state index in [1.807, 2.05) is 48.5 Å². The van der Waals surface area contributed by atoms with Crippen molar-refractivity contribution in [2.75, 3.05) is 56.2 Å². The van der Waals surface area contributed by atoms with E-state index >= 15 is 0 Å². The van der Waals surface area contributed by atoms with Crippen LogP contribution in [0.4, 0.5) is 11.4 Å². The summed E-state index contributed by atoms with van der Waals surface area (Å²) in [4.78, 5) is 35.8. The fraction of sp³-hybridized carbons (Fsp3) is 0.441. The number of nitrogens with zero attached hydrogens (tertiary/aromatic N) is 3. The number of pyridine rings is 1. The predicted octanol–water partition coefficient (Wildman–Crippen LogP) is 6.77. The third kappa shape index (κ3) is 8.90. The van der Waals surface area contributed by atoms with Crippen LogP contribution in [0.1, 0.15) is 51.4 Å². The third-order valence-electron chi connectivity index (χ3n) is 8.12. The molecule has 222 valence electrons. The molecule has 0 atom stereocenters. The van der Waals surface area contributed by atoms with Crippen LogP contribution in [0.25, 0.3) is 22.5 Å². The number of benzene rings is 2. The molecule has 1 aromatic heterocycles. The molecule has 0 unspecified atom stereocenters. The van der Waals surface area contributed by atoms with Crippen LogP contribution < -0.4 is 10.6 Å². The summed E-state index contributed by atoms with van der Waals surface area (Å²) in [6.07, 6.45) is 10.0. The van der Waals surface area contributed by atoms with Crippen molar-refractivity contribution in [1.82, 2.24) is 14.8 Å². The van der Waals surface area contributed by atoms with Gasteiger partial charge in [0.05, 0.1) is 11.4 Å². The molecule has 2 aliphatic heterocycles. The van der Waals surface area contributed by atoms with Gasteiger partial charge in [-0.15, -0.1) is 11.8 Å². The average molecular weight is 586 g/mol.